The van der Waals surface area contributed by atoms with E-state index in [1.54, 1.807) is 0 Å². The molecule has 2 aliphatic rings. The lowest BCUT2D eigenvalue weighted by Crippen LogP contribution is -2.31. The standard InChI is InChI=1S/C11H19NO2/c12-10(8-1-2-8)7-11(13)9-3-5-14-6-4-9/h8-10H,1-7,12H2. The molecular formula is C11H19NO2. The van der Waals surface area contributed by atoms with Crippen LogP contribution in [0.4, 0.5) is 0 Å². The summed E-state index contributed by atoms with van der Waals surface area (Å²) in [5.74, 6) is 1.24. The lowest BCUT2D eigenvalue weighted by atomic mass is 9.91. The third-order valence-electron chi connectivity index (χ3n) is 3.34. The van der Waals surface area contributed by atoms with Gasteiger partial charge in [-0.3, -0.25) is 4.79 Å². The summed E-state index contributed by atoms with van der Waals surface area (Å²) in [6.45, 7) is 1.49. The van der Waals surface area contributed by atoms with E-state index in [0.29, 0.717) is 18.1 Å². The van der Waals surface area contributed by atoms with E-state index in [1.165, 1.54) is 12.8 Å². The van der Waals surface area contributed by atoms with Crippen molar-refractivity contribution >= 4 is 5.78 Å². The number of ketones is 1. The van der Waals surface area contributed by atoms with Crippen molar-refractivity contribution < 1.29 is 9.53 Å². The second-order valence-electron chi connectivity index (χ2n) is 4.56. The number of carbonyl (C=O) groups is 1. The average Bonchev–Trinajstić information content (AvgIpc) is 3.02. The highest BCUT2D eigenvalue weighted by Gasteiger charge is 2.31. The normalized spacial score (nSPS) is 26.1. The number of nitrogens with two attached hydrogens (primary N) is 1. The van der Waals surface area contributed by atoms with Crippen LogP contribution in [0.15, 0.2) is 0 Å². The summed E-state index contributed by atoms with van der Waals surface area (Å²) >= 11 is 0. The molecule has 80 valence electrons. The van der Waals surface area contributed by atoms with Gasteiger partial charge in [0, 0.05) is 31.6 Å². The molecule has 1 saturated heterocycles. The summed E-state index contributed by atoms with van der Waals surface area (Å²) < 4.78 is 5.23. The van der Waals surface area contributed by atoms with Crippen LogP contribution in [0.25, 0.3) is 0 Å². The zero-order valence-corrected chi connectivity index (χ0v) is 8.58. The molecule has 1 aliphatic carbocycles. The number of rotatable bonds is 4. The summed E-state index contributed by atoms with van der Waals surface area (Å²) in [4.78, 5) is 11.8. The second kappa shape index (κ2) is 4.41. The van der Waals surface area contributed by atoms with Gasteiger partial charge in [0.1, 0.15) is 5.78 Å². The highest BCUT2D eigenvalue weighted by atomic mass is 16.5. The van der Waals surface area contributed by atoms with Gasteiger partial charge in [-0.2, -0.15) is 0 Å². The zero-order chi connectivity index (χ0) is 9.97. The third-order valence-corrected chi connectivity index (χ3v) is 3.34. The van der Waals surface area contributed by atoms with Crippen LogP contribution in [0.5, 0.6) is 0 Å². The number of hydrogen-bond donors (Lipinski definition) is 1. The Balaban J connectivity index is 1.75. The fourth-order valence-electron chi connectivity index (χ4n) is 2.11. The van der Waals surface area contributed by atoms with E-state index >= 15 is 0 Å². The molecule has 1 saturated carbocycles. The summed E-state index contributed by atoms with van der Waals surface area (Å²) in [7, 11) is 0. The quantitative estimate of drug-likeness (QED) is 0.734. The van der Waals surface area contributed by atoms with Crippen LogP contribution in [0.2, 0.25) is 0 Å². The highest BCUT2D eigenvalue weighted by molar-refractivity contribution is 5.81. The topological polar surface area (TPSA) is 52.3 Å². The third kappa shape index (κ3) is 2.55. The molecule has 0 bridgehead atoms. The molecule has 0 spiro atoms. The Labute approximate surface area is 85.0 Å². The van der Waals surface area contributed by atoms with E-state index in [0.717, 1.165) is 26.1 Å². The maximum atomic E-state index is 11.8. The van der Waals surface area contributed by atoms with Crippen LogP contribution in [0, 0.1) is 11.8 Å². The maximum Gasteiger partial charge on any atom is 0.137 e. The molecule has 1 atom stereocenters. The van der Waals surface area contributed by atoms with Crippen LogP contribution in [-0.2, 0) is 9.53 Å². The Bertz CT molecular complexity index is 207. The SMILES string of the molecule is NC(CC(=O)C1CCOCC1)C1CC1. The van der Waals surface area contributed by atoms with Crippen LogP contribution in [0.1, 0.15) is 32.1 Å². The predicted molar refractivity (Wildman–Crippen MR) is 53.9 cm³/mol. The molecule has 0 aromatic rings. The molecule has 0 radical (unpaired) electrons. The monoisotopic (exact) mass is 197 g/mol. The average molecular weight is 197 g/mol. The molecule has 3 nitrogen and oxygen atoms in total. The highest BCUT2D eigenvalue weighted by Crippen LogP contribution is 2.33. The van der Waals surface area contributed by atoms with Gasteiger partial charge in [-0.1, -0.05) is 0 Å². The van der Waals surface area contributed by atoms with Crippen LogP contribution in [0.3, 0.4) is 0 Å². The lowest BCUT2D eigenvalue weighted by molar-refractivity contribution is -0.126. The summed E-state index contributed by atoms with van der Waals surface area (Å²) in [6.07, 6.45) is 4.84. The van der Waals surface area contributed by atoms with Crippen LogP contribution >= 0.6 is 0 Å². The molecule has 2 fully saturated rings. The van der Waals surface area contributed by atoms with Crippen LogP contribution in [-0.4, -0.2) is 25.0 Å². The molecule has 2 N–H and O–H groups in total. The van der Waals surface area contributed by atoms with E-state index in [2.05, 4.69) is 0 Å². The zero-order valence-electron chi connectivity index (χ0n) is 8.58. The minimum absolute atomic E-state index is 0.130. The van der Waals surface area contributed by atoms with Gasteiger partial charge in [-0.05, 0) is 31.6 Å². The van der Waals surface area contributed by atoms with Crippen molar-refractivity contribution in [1.82, 2.24) is 0 Å². The minimum Gasteiger partial charge on any atom is -0.381 e. The van der Waals surface area contributed by atoms with Gasteiger partial charge < -0.3 is 10.5 Å². The fraction of sp³-hybridized carbons (Fsp3) is 0.909. The van der Waals surface area contributed by atoms with Gasteiger partial charge >= 0.3 is 0 Å². The minimum atomic E-state index is 0.130. The molecule has 2 rings (SSSR count). The Morgan fingerprint density at radius 2 is 1.93 bits per heavy atom. The molecular weight excluding hydrogens is 178 g/mol. The number of carbonyl (C=O) groups excluding carboxylic acids is 1. The van der Waals surface area contributed by atoms with Gasteiger partial charge in [0.15, 0.2) is 0 Å². The first-order chi connectivity index (χ1) is 6.77. The Hall–Kier alpha value is -0.410. The molecule has 1 heterocycles. The number of Topliss-reactive ketones (excluding diaryl/α,β-unsaturated/α-hetero) is 1. The van der Waals surface area contributed by atoms with Crippen molar-refractivity contribution in [1.29, 1.82) is 0 Å². The van der Waals surface area contributed by atoms with Crippen molar-refractivity contribution in [2.45, 2.75) is 38.1 Å². The summed E-state index contributed by atoms with van der Waals surface area (Å²) in [5.41, 5.74) is 5.93. The van der Waals surface area contributed by atoms with E-state index in [9.17, 15) is 4.79 Å². The van der Waals surface area contributed by atoms with Gasteiger partial charge in [0.2, 0.25) is 0 Å². The van der Waals surface area contributed by atoms with Crippen LogP contribution < -0.4 is 5.73 Å². The fourth-order valence-corrected chi connectivity index (χ4v) is 2.11. The van der Waals surface area contributed by atoms with Gasteiger partial charge in [0.05, 0.1) is 0 Å². The first kappa shape index (κ1) is 10.1. The summed E-state index contributed by atoms with van der Waals surface area (Å²) in [6, 6.07) is 0.130. The van der Waals surface area contributed by atoms with Crippen molar-refractivity contribution in [3.05, 3.63) is 0 Å². The van der Waals surface area contributed by atoms with Gasteiger partial charge in [-0.25, -0.2) is 0 Å². The predicted octanol–water partition coefficient (Wildman–Crippen LogP) is 1.11. The van der Waals surface area contributed by atoms with Gasteiger partial charge in [-0.15, -0.1) is 0 Å². The molecule has 0 aromatic carbocycles. The molecule has 0 amide bonds. The van der Waals surface area contributed by atoms with Crippen molar-refractivity contribution in [3.8, 4) is 0 Å². The van der Waals surface area contributed by atoms with Crippen molar-refractivity contribution in [2.24, 2.45) is 17.6 Å². The van der Waals surface area contributed by atoms with Crippen molar-refractivity contribution in [3.63, 3.8) is 0 Å². The van der Waals surface area contributed by atoms with Gasteiger partial charge in [0.25, 0.3) is 0 Å². The Morgan fingerprint density at radius 1 is 1.29 bits per heavy atom. The van der Waals surface area contributed by atoms with Crippen molar-refractivity contribution in [2.75, 3.05) is 13.2 Å². The Kier molecular flexibility index (Phi) is 3.19. The summed E-state index contributed by atoms with van der Waals surface area (Å²) in [5, 5.41) is 0. The molecule has 1 unspecified atom stereocenters. The number of hydrogen-bond acceptors (Lipinski definition) is 3. The van der Waals surface area contributed by atoms with E-state index in [-0.39, 0.29) is 12.0 Å². The second-order valence-corrected chi connectivity index (χ2v) is 4.56. The van der Waals surface area contributed by atoms with E-state index in [4.69, 9.17) is 10.5 Å². The largest absolute Gasteiger partial charge is 0.381 e. The smallest absolute Gasteiger partial charge is 0.137 e. The molecule has 3 heteroatoms. The van der Waals surface area contributed by atoms with E-state index < -0.39 is 0 Å². The number of ether oxygens (including phenoxy) is 1. The Morgan fingerprint density at radius 3 is 2.50 bits per heavy atom. The maximum absolute atomic E-state index is 11.8. The molecule has 1 aliphatic heterocycles. The first-order valence-electron chi connectivity index (χ1n) is 5.63. The van der Waals surface area contributed by atoms with E-state index in [1.807, 2.05) is 0 Å². The lowest BCUT2D eigenvalue weighted by Gasteiger charge is -2.22. The molecule has 14 heavy (non-hydrogen) atoms. The molecule has 0 aromatic heterocycles. The first-order valence-corrected chi connectivity index (χ1v) is 5.63.